The molecule has 0 atom stereocenters. The number of ether oxygens (including phenoxy) is 1. The van der Waals surface area contributed by atoms with Gasteiger partial charge in [-0.2, -0.15) is 0 Å². The van der Waals surface area contributed by atoms with E-state index in [4.69, 9.17) is 28.6 Å². The van der Waals surface area contributed by atoms with Gasteiger partial charge in [0.05, 0.1) is 23.4 Å². The molecule has 152 valence electrons. The second-order valence-corrected chi connectivity index (χ2v) is 8.94. The van der Waals surface area contributed by atoms with E-state index in [2.05, 4.69) is 10.6 Å². The van der Waals surface area contributed by atoms with Crippen LogP contribution >= 0.6 is 35.6 Å². The van der Waals surface area contributed by atoms with Crippen LogP contribution in [-0.4, -0.2) is 21.9 Å². The summed E-state index contributed by atoms with van der Waals surface area (Å²) in [6.45, 7) is 4.07. The topological polar surface area (TPSA) is 34.5 Å². The van der Waals surface area contributed by atoms with Crippen LogP contribution in [0.1, 0.15) is 17.0 Å². The zero-order valence-corrected chi connectivity index (χ0v) is 19.1. The molecule has 0 N–H and O–H groups in total. The highest BCUT2D eigenvalue weighted by Crippen LogP contribution is 2.37. The number of amides is 1. The van der Waals surface area contributed by atoms with Crippen LogP contribution in [-0.2, 0) is 4.79 Å². The quantitative estimate of drug-likeness (QED) is 0.349. The minimum atomic E-state index is -0.130. The van der Waals surface area contributed by atoms with Crippen molar-refractivity contribution >= 4 is 57.6 Å². The Morgan fingerprint density at radius 3 is 2.50 bits per heavy atom. The second kappa shape index (κ2) is 8.30. The van der Waals surface area contributed by atoms with Gasteiger partial charge >= 0.3 is 0 Å². The summed E-state index contributed by atoms with van der Waals surface area (Å²) in [6, 6.07) is 17.0. The van der Waals surface area contributed by atoms with E-state index in [1.54, 1.807) is 36.3 Å². The van der Waals surface area contributed by atoms with Gasteiger partial charge in [0.2, 0.25) is 0 Å². The van der Waals surface area contributed by atoms with Crippen LogP contribution in [0.4, 0.5) is 5.69 Å². The molecule has 2 heterocycles. The summed E-state index contributed by atoms with van der Waals surface area (Å²) in [5.74, 6) is 0.661. The van der Waals surface area contributed by atoms with Crippen molar-refractivity contribution in [3.63, 3.8) is 0 Å². The van der Waals surface area contributed by atoms with Gasteiger partial charge in [0.25, 0.3) is 5.91 Å². The van der Waals surface area contributed by atoms with Crippen LogP contribution in [0, 0.1) is 13.8 Å². The molecule has 1 amide bonds. The normalized spacial score (nSPS) is 15.3. The molecule has 0 aliphatic carbocycles. The monoisotopic (exact) mass is 454 g/mol. The number of carbonyl (C=O) groups excluding carboxylic acids is 1. The molecule has 1 aliphatic rings. The number of anilines is 1. The van der Waals surface area contributed by atoms with Crippen molar-refractivity contribution in [3.8, 4) is 11.4 Å². The molecule has 7 heteroatoms. The van der Waals surface area contributed by atoms with E-state index < -0.39 is 0 Å². The van der Waals surface area contributed by atoms with E-state index in [1.165, 1.54) is 11.8 Å². The van der Waals surface area contributed by atoms with E-state index in [9.17, 15) is 4.79 Å². The summed E-state index contributed by atoms with van der Waals surface area (Å²) < 4.78 is 8.16. The molecule has 30 heavy (non-hydrogen) atoms. The Bertz CT molecular complexity index is 1180. The van der Waals surface area contributed by atoms with Crippen molar-refractivity contribution in [2.45, 2.75) is 13.8 Å². The van der Waals surface area contributed by atoms with Gasteiger partial charge in [0, 0.05) is 16.4 Å². The lowest BCUT2D eigenvalue weighted by atomic mass is 10.2. The van der Waals surface area contributed by atoms with Gasteiger partial charge in [0.15, 0.2) is 4.32 Å². The van der Waals surface area contributed by atoms with Crippen molar-refractivity contribution in [1.29, 1.82) is 0 Å². The number of rotatable bonds is 4. The van der Waals surface area contributed by atoms with Gasteiger partial charge in [-0.05, 0) is 68.0 Å². The maximum absolute atomic E-state index is 13.1. The predicted molar refractivity (Wildman–Crippen MR) is 129 cm³/mol. The number of thiocarbonyl (C=S) groups is 1. The summed E-state index contributed by atoms with van der Waals surface area (Å²) in [5, 5.41) is 0.614. The molecule has 0 saturated carbocycles. The number of methoxy groups -OCH3 is 1. The minimum Gasteiger partial charge on any atom is -0.495 e. The first-order valence-corrected chi connectivity index (χ1v) is 10.9. The first-order valence-electron chi connectivity index (χ1n) is 9.26. The highest BCUT2D eigenvalue weighted by atomic mass is 35.5. The maximum atomic E-state index is 13.1. The molecule has 0 unspecified atom stereocenters. The first-order chi connectivity index (χ1) is 14.4. The summed E-state index contributed by atoms with van der Waals surface area (Å²) in [4.78, 5) is 15.2. The Kier molecular flexibility index (Phi) is 5.73. The Morgan fingerprint density at radius 1 is 1.10 bits per heavy atom. The van der Waals surface area contributed by atoms with Crippen molar-refractivity contribution in [1.82, 2.24) is 4.57 Å². The average Bonchev–Trinajstić information content (AvgIpc) is 3.17. The Labute approximate surface area is 190 Å². The average molecular weight is 455 g/mol. The molecule has 4 rings (SSSR count). The molecule has 1 aromatic heterocycles. The first kappa shape index (κ1) is 20.7. The largest absolute Gasteiger partial charge is 0.495 e. The number of aromatic nitrogens is 1. The van der Waals surface area contributed by atoms with Crippen molar-refractivity contribution < 1.29 is 9.53 Å². The number of aryl methyl sites for hydroxylation is 1. The minimum absolute atomic E-state index is 0.130. The predicted octanol–water partition coefficient (Wildman–Crippen LogP) is 6.16. The lowest BCUT2D eigenvalue weighted by Gasteiger charge is -2.14. The molecule has 1 aliphatic heterocycles. The lowest BCUT2D eigenvalue weighted by molar-refractivity contribution is -0.113. The molecular formula is C23H19ClN2O2S2. The number of carbonyl (C=O) groups is 1. The van der Waals surface area contributed by atoms with Crippen LogP contribution < -0.4 is 9.64 Å². The van der Waals surface area contributed by atoms with Crippen molar-refractivity contribution in [2.75, 3.05) is 12.0 Å². The summed E-state index contributed by atoms with van der Waals surface area (Å²) >= 11 is 12.7. The molecule has 0 spiro atoms. The Hall–Kier alpha value is -2.54. The number of nitrogens with zero attached hydrogens (tertiary/aromatic N) is 2. The third-order valence-corrected chi connectivity index (χ3v) is 6.52. The van der Waals surface area contributed by atoms with Crippen LogP contribution in [0.5, 0.6) is 5.75 Å². The zero-order valence-electron chi connectivity index (χ0n) is 16.7. The highest BCUT2D eigenvalue weighted by molar-refractivity contribution is 8.27. The van der Waals surface area contributed by atoms with Gasteiger partial charge in [-0.3, -0.25) is 9.69 Å². The van der Waals surface area contributed by atoms with Crippen LogP contribution in [0.3, 0.4) is 0 Å². The van der Waals surface area contributed by atoms with Crippen LogP contribution in [0.15, 0.2) is 59.5 Å². The Balaban J connectivity index is 1.72. The maximum Gasteiger partial charge on any atom is 0.270 e. The molecule has 0 radical (unpaired) electrons. The smallest absolute Gasteiger partial charge is 0.270 e. The fourth-order valence-electron chi connectivity index (χ4n) is 3.54. The van der Waals surface area contributed by atoms with Gasteiger partial charge < -0.3 is 9.30 Å². The summed E-state index contributed by atoms with van der Waals surface area (Å²) in [6.07, 6.45) is 1.91. The van der Waals surface area contributed by atoms with E-state index in [-0.39, 0.29) is 5.91 Å². The number of hydrogen-bond donors (Lipinski definition) is 0. The van der Waals surface area contributed by atoms with Crippen LogP contribution in [0.2, 0.25) is 5.02 Å². The van der Waals surface area contributed by atoms with Crippen molar-refractivity contribution in [3.05, 3.63) is 81.5 Å². The standard InChI is InChI=1S/C23H19ClN2O2S2/c1-14-12-16(15(2)25(14)19-6-4-5-7-20(19)28-3)13-21-22(27)26(23(29)30-21)18-10-8-17(24)9-11-18/h4-13H,1-3H3. The number of para-hydroxylation sites is 2. The molecule has 1 saturated heterocycles. The van der Waals surface area contributed by atoms with Gasteiger partial charge in [-0.15, -0.1) is 0 Å². The van der Waals surface area contributed by atoms with Gasteiger partial charge in [-0.25, -0.2) is 0 Å². The van der Waals surface area contributed by atoms with Crippen LogP contribution in [0.25, 0.3) is 11.8 Å². The number of benzene rings is 2. The number of halogens is 1. The molecule has 3 aromatic rings. The fraction of sp³-hybridized carbons (Fsp3) is 0.130. The third kappa shape index (κ3) is 3.67. The SMILES string of the molecule is COc1ccccc1-n1c(C)cc(C=C2SC(=S)N(c3ccc(Cl)cc3)C2=O)c1C. The van der Waals surface area contributed by atoms with E-state index in [0.717, 1.165) is 28.4 Å². The lowest BCUT2D eigenvalue weighted by Crippen LogP contribution is -2.27. The highest BCUT2D eigenvalue weighted by Gasteiger charge is 2.33. The van der Waals surface area contributed by atoms with Gasteiger partial charge in [0.1, 0.15) is 5.75 Å². The third-order valence-electron chi connectivity index (χ3n) is 4.96. The fourth-order valence-corrected chi connectivity index (χ4v) is 4.96. The van der Waals surface area contributed by atoms with E-state index in [0.29, 0.717) is 19.9 Å². The second-order valence-electron chi connectivity index (χ2n) is 6.83. The Morgan fingerprint density at radius 2 is 1.80 bits per heavy atom. The molecule has 4 nitrogen and oxygen atoms in total. The van der Waals surface area contributed by atoms with E-state index in [1.807, 2.05) is 44.2 Å². The van der Waals surface area contributed by atoms with Crippen molar-refractivity contribution in [2.24, 2.45) is 0 Å². The molecule has 0 bridgehead atoms. The molecular weight excluding hydrogens is 436 g/mol. The van der Waals surface area contributed by atoms with E-state index >= 15 is 0 Å². The van der Waals surface area contributed by atoms with Gasteiger partial charge in [-0.1, -0.05) is 47.7 Å². The number of thioether (sulfide) groups is 1. The molecule has 2 aromatic carbocycles. The summed E-state index contributed by atoms with van der Waals surface area (Å²) in [7, 11) is 1.66. The summed E-state index contributed by atoms with van der Waals surface area (Å²) in [5.41, 5.74) is 4.72. The molecule has 1 fully saturated rings. The number of hydrogen-bond acceptors (Lipinski definition) is 4. The zero-order chi connectivity index (χ0) is 21.4.